The third-order valence-electron chi connectivity index (χ3n) is 5.35. The van der Waals surface area contributed by atoms with E-state index in [1.165, 1.54) is 5.56 Å². The number of carboxylic acid groups (broad SMARTS) is 1. The van der Waals surface area contributed by atoms with Crippen molar-refractivity contribution in [3.63, 3.8) is 0 Å². The van der Waals surface area contributed by atoms with Gasteiger partial charge in [-0.2, -0.15) is 0 Å². The molecule has 0 radical (unpaired) electrons. The van der Waals surface area contributed by atoms with Crippen molar-refractivity contribution >= 4 is 11.9 Å². The summed E-state index contributed by atoms with van der Waals surface area (Å²) in [6.45, 7) is 1.00. The van der Waals surface area contributed by atoms with Crippen LogP contribution in [0.25, 0.3) is 0 Å². The van der Waals surface area contributed by atoms with Crippen LogP contribution in [0.15, 0.2) is 30.3 Å². The van der Waals surface area contributed by atoms with Crippen LogP contribution in [0.1, 0.15) is 37.7 Å². The van der Waals surface area contributed by atoms with Crippen LogP contribution >= 0.6 is 0 Å². The van der Waals surface area contributed by atoms with E-state index in [-0.39, 0.29) is 18.5 Å². The molecule has 0 aromatic heterocycles. The summed E-state index contributed by atoms with van der Waals surface area (Å²) in [5.41, 5.74) is 1.30. The van der Waals surface area contributed by atoms with Crippen LogP contribution in [0.4, 0.5) is 0 Å². The van der Waals surface area contributed by atoms with Crippen molar-refractivity contribution < 1.29 is 14.7 Å². The smallest absolute Gasteiger partial charge is 0.326 e. The number of aliphatic carboxylic acids is 1. The maximum Gasteiger partial charge on any atom is 0.326 e. The van der Waals surface area contributed by atoms with Crippen LogP contribution in [0, 0.1) is 5.92 Å². The molecule has 130 valence electrons. The van der Waals surface area contributed by atoms with Crippen LogP contribution in [-0.4, -0.2) is 47.1 Å². The lowest BCUT2D eigenvalue weighted by Gasteiger charge is -2.27. The number of hydrogen-bond acceptors (Lipinski definition) is 3. The van der Waals surface area contributed by atoms with Crippen molar-refractivity contribution in [3.05, 3.63) is 35.9 Å². The number of nitrogens with zero attached hydrogens (tertiary/aromatic N) is 1. The van der Waals surface area contributed by atoms with Crippen molar-refractivity contribution in [1.82, 2.24) is 10.2 Å². The first-order valence-electron chi connectivity index (χ1n) is 8.95. The van der Waals surface area contributed by atoms with Gasteiger partial charge < -0.3 is 15.3 Å². The first-order valence-corrected chi connectivity index (χ1v) is 8.95. The zero-order chi connectivity index (χ0) is 16.9. The minimum absolute atomic E-state index is 0.0588. The van der Waals surface area contributed by atoms with E-state index in [1.807, 2.05) is 18.2 Å². The summed E-state index contributed by atoms with van der Waals surface area (Å²) < 4.78 is 0. The van der Waals surface area contributed by atoms with E-state index in [0.717, 1.165) is 38.6 Å². The molecule has 3 rings (SSSR count). The van der Waals surface area contributed by atoms with Gasteiger partial charge in [-0.15, -0.1) is 0 Å². The fourth-order valence-corrected chi connectivity index (χ4v) is 4.22. The van der Waals surface area contributed by atoms with Gasteiger partial charge in [0.15, 0.2) is 0 Å². The van der Waals surface area contributed by atoms with Crippen molar-refractivity contribution in [3.8, 4) is 0 Å². The number of carboxylic acids is 1. The van der Waals surface area contributed by atoms with E-state index in [1.54, 1.807) is 4.90 Å². The Morgan fingerprint density at radius 2 is 2.00 bits per heavy atom. The average Bonchev–Trinajstić information content (AvgIpc) is 3.16. The molecule has 2 aliphatic rings. The summed E-state index contributed by atoms with van der Waals surface area (Å²) in [5, 5.41) is 12.6. The molecule has 0 spiro atoms. The Hall–Kier alpha value is -1.88. The number of aryl methyl sites for hydroxylation is 1. The number of carbonyl (C=O) groups excluding carboxylic acids is 1. The Labute approximate surface area is 143 Å². The summed E-state index contributed by atoms with van der Waals surface area (Å²) in [6, 6.07) is 9.79. The van der Waals surface area contributed by atoms with Crippen molar-refractivity contribution in [2.45, 2.75) is 50.6 Å². The molecule has 0 bridgehead atoms. The molecular formula is C19H26N2O3. The van der Waals surface area contributed by atoms with E-state index < -0.39 is 12.0 Å². The number of hydrogen-bond donors (Lipinski definition) is 2. The highest BCUT2D eigenvalue weighted by molar-refractivity contribution is 5.86. The van der Waals surface area contributed by atoms with Gasteiger partial charge in [-0.1, -0.05) is 36.8 Å². The maximum absolute atomic E-state index is 12.5. The number of fused-ring (bicyclic) bond motifs is 1. The van der Waals surface area contributed by atoms with Crippen LogP contribution in [-0.2, 0) is 16.0 Å². The normalized spacial score (nSPS) is 25.7. The summed E-state index contributed by atoms with van der Waals surface area (Å²) in [4.78, 5) is 25.7. The predicted octanol–water partition coefficient (Wildman–Crippen LogP) is 2.06. The van der Waals surface area contributed by atoms with Crippen LogP contribution in [0.5, 0.6) is 0 Å². The van der Waals surface area contributed by atoms with Gasteiger partial charge in [-0.25, -0.2) is 4.79 Å². The highest BCUT2D eigenvalue weighted by Gasteiger charge is 2.48. The molecule has 1 aromatic carbocycles. The monoisotopic (exact) mass is 330 g/mol. The molecule has 1 aromatic rings. The second kappa shape index (κ2) is 7.79. The highest BCUT2D eigenvalue weighted by atomic mass is 16.4. The molecule has 1 aliphatic heterocycles. The molecule has 2 unspecified atom stereocenters. The van der Waals surface area contributed by atoms with E-state index in [2.05, 4.69) is 17.4 Å². The van der Waals surface area contributed by atoms with Gasteiger partial charge in [0.05, 0.1) is 6.54 Å². The summed E-state index contributed by atoms with van der Waals surface area (Å²) in [6.07, 6.45) is 5.69. The number of carbonyl (C=O) groups is 2. The maximum atomic E-state index is 12.5. The number of rotatable bonds is 7. The molecule has 3 atom stereocenters. The van der Waals surface area contributed by atoms with Gasteiger partial charge >= 0.3 is 5.97 Å². The molecular weight excluding hydrogens is 304 g/mol. The molecule has 5 heteroatoms. The number of likely N-dealkylation sites (tertiary alicyclic amines) is 1. The SMILES string of the molecule is O=C(O)[C@H]1CC2CCCC2N1C(=O)CNCCCc1ccccc1. The first-order chi connectivity index (χ1) is 11.7. The van der Waals surface area contributed by atoms with Gasteiger partial charge in [0.25, 0.3) is 0 Å². The lowest BCUT2D eigenvalue weighted by Crippen LogP contribution is -2.48. The Morgan fingerprint density at radius 1 is 1.21 bits per heavy atom. The fraction of sp³-hybridized carbons (Fsp3) is 0.579. The molecule has 24 heavy (non-hydrogen) atoms. The van der Waals surface area contributed by atoms with Crippen molar-refractivity contribution in [2.75, 3.05) is 13.1 Å². The van der Waals surface area contributed by atoms with Crippen LogP contribution in [0.2, 0.25) is 0 Å². The Kier molecular flexibility index (Phi) is 5.51. The van der Waals surface area contributed by atoms with E-state index in [0.29, 0.717) is 12.3 Å². The molecule has 1 saturated heterocycles. The van der Waals surface area contributed by atoms with Crippen molar-refractivity contribution in [2.24, 2.45) is 5.92 Å². The number of nitrogens with one attached hydrogen (secondary N) is 1. The predicted molar refractivity (Wildman–Crippen MR) is 91.6 cm³/mol. The van der Waals surface area contributed by atoms with Crippen LogP contribution in [0.3, 0.4) is 0 Å². The quantitative estimate of drug-likeness (QED) is 0.751. The minimum atomic E-state index is -0.859. The Bertz CT molecular complexity index is 575. The molecule has 2 fully saturated rings. The molecule has 1 amide bonds. The summed E-state index contributed by atoms with van der Waals surface area (Å²) in [7, 11) is 0. The number of benzene rings is 1. The largest absolute Gasteiger partial charge is 0.480 e. The van der Waals surface area contributed by atoms with Gasteiger partial charge in [-0.05, 0) is 50.1 Å². The zero-order valence-corrected chi connectivity index (χ0v) is 14.0. The second-order valence-electron chi connectivity index (χ2n) is 6.92. The van der Waals surface area contributed by atoms with E-state index in [4.69, 9.17) is 0 Å². The highest BCUT2D eigenvalue weighted by Crippen LogP contribution is 2.41. The fourth-order valence-electron chi connectivity index (χ4n) is 4.22. The van der Waals surface area contributed by atoms with Gasteiger partial charge in [0, 0.05) is 6.04 Å². The Balaban J connectivity index is 1.44. The van der Waals surface area contributed by atoms with Gasteiger partial charge in [-0.3, -0.25) is 4.79 Å². The average molecular weight is 330 g/mol. The molecule has 1 aliphatic carbocycles. The van der Waals surface area contributed by atoms with Gasteiger partial charge in [0.1, 0.15) is 6.04 Å². The third-order valence-corrected chi connectivity index (χ3v) is 5.35. The lowest BCUT2D eigenvalue weighted by molar-refractivity contribution is -0.149. The second-order valence-corrected chi connectivity index (χ2v) is 6.92. The standard InChI is InChI=1S/C19H26N2O3/c22-18(13-20-11-5-8-14-6-2-1-3-7-14)21-16-10-4-9-15(16)12-17(21)19(23)24/h1-3,6-7,15-17,20H,4-5,8-13H2,(H,23,24)/t15?,16?,17-/m1/s1. The van der Waals surface area contributed by atoms with Crippen LogP contribution < -0.4 is 5.32 Å². The van der Waals surface area contributed by atoms with E-state index >= 15 is 0 Å². The van der Waals surface area contributed by atoms with Crippen molar-refractivity contribution in [1.29, 1.82) is 0 Å². The first kappa shape index (κ1) is 17.0. The molecule has 5 nitrogen and oxygen atoms in total. The molecule has 2 N–H and O–H groups in total. The zero-order valence-electron chi connectivity index (χ0n) is 14.0. The molecule has 1 heterocycles. The Morgan fingerprint density at radius 3 is 2.75 bits per heavy atom. The van der Waals surface area contributed by atoms with E-state index in [9.17, 15) is 14.7 Å². The lowest BCUT2D eigenvalue weighted by atomic mass is 10.0. The van der Waals surface area contributed by atoms with Gasteiger partial charge in [0.2, 0.25) is 5.91 Å². The summed E-state index contributed by atoms with van der Waals surface area (Å²) in [5.74, 6) is -0.536. The summed E-state index contributed by atoms with van der Waals surface area (Å²) >= 11 is 0. The third kappa shape index (κ3) is 3.78. The minimum Gasteiger partial charge on any atom is -0.480 e. The molecule has 1 saturated carbocycles. The topological polar surface area (TPSA) is 69.6 Å². The number of amides is 1.